The molecule has 3 rings (SSSR count). The number of ether oxygens (including phenoxy) is 1. The fourth-order valence-corrected chi connectivity index (χ4v) is 4.37. The number of hydrogen-bond donors (Lipinski definition) is 2. The van der Waals surface area contributed by atoms with Gasteiger partial charge in [0.2, 0.25) is 5.91 Å². The van der Waals surface area contributed by atoms with Gasteiger partial charge in [0.05, 0.1) is 17.9 Å². The second-order valence-corrected chi connectivity index (χ2v) is 8.79. The van der Waals surface area contributed by atoms with Crippen molar-refractivity contribution in [1.82, 2.24) is 0 Å². The quantitative estimate of drug-likeness (QED) is 0.491. The van der Waals surface area contributed by atoms with Gasteiger partial charge in [-0.15, -0.1) is 0 Å². The number of anilines is 2. The third-order valence-corrected chi connectivity index (χ3v) is 6.23. The van der Waals surface area contributed by atoms with Crippen molar-refractivity contribution < 1.29 is 17.9 Å². The SMILES string of the molecule is CCCC(C(=O)Nc1cccc(S(=O)(=O)Nc2ccc(OC)cc2)c1)c1ccccc1. The van der Waals surface area contributed by atoms with Crippen LogP contribution in [0, 0.1) is 0 Å². The van der Waals surface area contributed by atoms with E-state index in [2.05, 4.69) is 10.0 Å². The minimum Gasteiger partial charge on any atom is -0.497 e. The summed E-state index contributed by atoms with van der Waals surface area (Å²) in [6.45, 7) is 2.03. The molecule has 6 nitrogen and oxygen atoms in total. The number of benzene rings is 3. The van der Waals surface area contributed by atoms with Crippen LogP contribution in [0.2, 0.25) is 0 Å². The van der Waals surface area contributed by atoms with E-state index in [1.165, 1.54) is 12.1 Å². The first-order valence-corrected chi connectivity index (χ1v) is 11.5. The summed E-state index contributed by atoms with van der Waals surface area (Å²) in [7, 11) is -2.27. The molecule has 0 aromatic heterocycles. The van der Waals surface area contributed by atoms with Crippen LogP contribution in [-0.4, -0.2) is 21.4 Å². The van der Waals surface area contributed by atoms with Crippen LogP contribution in [0.25, 0.3) is 0 Å². The summed E-state index contributed by atoms with van der Waals surface area (Å²) in [5, 5.41) is 2.87. The number of sulfonamides is 1. The van der Waals surface area contributed by atoms with E-state index < -0.39 is 10.0 Å². The molecule has 1 amide bonds. The molecular weight excluding hydrogens is 412 g/mol. The van der Waals surface area contributed by atoms with Gasteiger partial charge in [-0.05, 0) is 54.4 Å². The topological polar surface area (TPSA) is 84.5 Å². The van der Waals surface area contributed by atoms with Crippen LogP contribution in [-0.2, 0) is 14.8 Å². The highest BCUT2D eigenvalue weighted by atomic mass is 32.2. The molecule has 0 saturated carbocycles. The second-order valence-electron chi connectivity index (χ2n) is 7.10. The maximum atomic E-state index is 12.9. The van der Waals surface area contributed by atoms with Gasteiger partial charge in [0, 0.05) is 11.4 Å². The van der Waals surface area contributed by atoms with Gasteiger partial charge in [-0.25, -0.2) is 8.42 Å². The fourth-order valence-electron chi connectivity index (χ4n) is 3.27. The predicted octanol–water partition coefficient (Wildman–Crippen LogP) is 5.02. The summed E-state index contributed by atoms with van der Waals surface area (Å²) in [5.41, 5.74) is 1.79. The first kappa shape index (κ1) is 22.4. The molecule has 0 fully saturated rings. The number of carbonyl (C=O) groups is 1. The van der Waals surface area contributed by atoms with Crippen molar-refractivity contribution in [1.29, 1.82) is 0 Å². The van der Waals surface area contributed by atoms with Crippen LogP contribution in [0.3, 0.4) is 0 Å². The zero-order valence-corrected chi connectivity index (χ0v) is 18.4. The van der Waals surface area contributed by atoms with Crippen molar-refractivity contribution in [2.75, 3.05) is 17.1 Å². The highest BCUT2D eigenvalue weighted by molar-refractivity contribution is 7.92. The number of hydrogen-bond acceptors (Lipinski definition) is 4. The van der Waals surface area contributed by atoms with Crippen LogP contribution in [0.1, 0.15) is 31.2 Å². The van der Waals surface area contributed by atoms with Gasteiger partial charge in [-0.2, -0.15) is 0 Å². The van der Waals surface area contributed by atoms with E-state index in [9.17, 15) is 13.2 Å². The van der Waals surface area contributed by atoms with E-state index in [4.69, 9.17) is 4.74 Å². The highest BCUT2D eigenvalue weighted by Gasteiger charge is 2.21. The van der Waals surface area contributed by atoms with E-state index in [0.717, 1.165) is 12.0 Å². The van der Waals surface area contributed by atoms with Gasteiger partial charge in [0.1, 0.15) is 5.75 Å². The standard InChI is InChI=1S/C24H26N2O4S/c1-3-8-23(18-9-5-4-6-10-18)24(27)25-20-11-7-12-22(17-20)31(28,29)26-19-13-15-21(30-2)16-14-19/h4-7,9-17,23,26H,3,8H2,1-2H3,(H,25,27). The van der Waals surface area contributed by atoms with Gasteiger partial charge in [-0.1, -0.05) is 49.7 Å². The lowest BCUT2D eigenvalue weighted by Crippen LogP contribution is -2.21. The lowest BCUT2D eigenvalue weighted by atomic mass is 9.93. The van der Waals surface area contributed by atoms with Gasteiger partial charge in [0.25, 0.3) is 10.0 Å². The van der Waals surface area contributed by atoms with Gasteiger partial charge < -0.3 is 10.1 Å². The van der Waals surface area contributed by atoms with Crippen LogP contribution in [0.15, 0.2) is 83.8 Å². The summed E-state index contributed by atoms with van der Waals surface area (Å²) in [5.74, 6) is 0.169. The monoisotopic (exact) mass is 438 g/mol. The van der Waals surface area contributed by atoms with Crippen molar-refractivity contribution in [3.05, 3.63) is 84.4 Å². The zero-order valence-electron chi connectivity index (χ0n) is 17.5. The average Bonchev–Trinajstić information content (AvgIpc) is 2.78. The molecule has 0 radical (unpaired) electrons. The first-order chi connectivity index (χ1) is 14.9. The Morgan fingerprint density at radius 2 is 1.65 bits per heavy atom. The molecule has 31 heavy (non-hydrogen) atoms. The molecule has 162 valence electrons. The van der Waals surface area contributed by atoms with E-state index >= 15 is 0 Å². The molecule has 1 atom stereocenters. The summed E-state index contributed by atoms with van der Waals surface area (Å²) in [6.07, 6.45) is 1.56. The van der Waals surface area contributed by atoms with Crippen molar-refractivity contribution in [3.8, 4) is 5.75 Å². The largest absolute Gasteiger partial charge is 0.497 e. The van der Waals surface area contributed by atoms with E-state index in [1.54, 1.807) is 43.5 Å². The lowest BCUT2D eigenvalue weighted by molar-refractivity contribution is -0.117. The number of methoxy groups -OCH3 is 1. The number of rotatable bonds is 9. The molecule has 0 bridgehead atoms. The third-order valence-electron chi connectivity index (χ3n) is 4.85. The summed E-state index contributed by atoms with van der Waals surface area (Å²) in [6, 6.07) is 22.4. The second kappa shape index (κ2) is 10.1. The normalized spacial score (nSPS) is 12.1. The van der Waals surface area contributed by atoms with E-state index in [1.807, 2.05) is 37.3 Å². The molecule has 0 saturated heterocycles. The molecule has 3 aromatic carbocycles. The molecule has 0 spiro atoms. The Kier molecular flexibility index (Phi) is 7.31. The summed E-state index contributed by atoms with van der Waals surface area (Å²) < 4.78 is 33.2. The van der Waals surface area contributed by atoms with Crippen LogP contribution in [0.5, 0.6) is 5.75 Å². The first-order valence-electron chi connectivity index (χ1n) is 10.1. The van der Waals surface area contributed by atoms with Crippen molar-refractivity contribution in [2.24, 2.45) is 0 Å². The van der Waals surface area contributed by atoms with Gasteiger partial charge in [-0.3, -0.25) is 9.52 Å². The van der Waals surface area contributed by atoms with Crippen LogP contribution < -0.4 is 14.8 Å². The molecule has 2 N–H and O–H groups in total. The molecule has 0 aliphatic rings. The van der Waals surface area contributed by atoms with Gasteiger partial charge in [0.15, 0.2) is 0 Å². The van der Waals surface area contributed by atoms with Crippen molar-refractivity contribution >= 4 is 27.3 Å². The minimum atomic E-state index is -3.82. The Balaban J connectivity index is 1.77. The minimum absolute atomic E-state index is 0.0628. The number of amides is 1. The Hall–Kier alpha value is -3.32. The zero-order chi connectivity index (χ0) is 22.3. The third kappa shape index (κ3) is 5.86. The molecule has 0 heterocycles. The van der Waals surface area contributed by atoms with Crippen molar-refractivity contribution in [2.45, 2.75) is 30.6 Å². The van der Waals surface area contributed by atoms with Crippen LogP contribution >= 0.6 is 0 Å². The smallest absolute Gasteiger partial charge is 0.261 e. The highest BCUT2D eigenvalue weighted by Crippen LogP contribution is 2.25. The average molecular weight is 439 g/mol. The maximum Gasteiger partial charge on any atom is 0.261 e. The Bertz CT molecular complexity index is 1110. The Morgan fingerprint density at radius 3 is 2.29 bits per heavy atom. The maximum absolute atomic E-state index is 12.9. The summed E-state index contributed by atoms with van der Waals surface area (Å²) in [4.78, 5) is 13.0. The predicted molar refractivity (Wildman–Crippen MR) is 123 cm³/mol. The van der Waals surface area contributed by atoms with Crippen LogP contribution in [0.4, 0.5) is 11.4 Å². The Morgan fingerprint density at radius 1 is 0.935 bits per heavy atom. The molecule has 0 aliphatic carbocycles. The molecule has 7 heteroatoms. The van der Waals surface area contributed by atoms with Gasteiger partial charge >= 0.3 is 0 Å². The molecule has 1 unspecified atom stereocenters. The Labute approximate surface area is 183 Å². The molecule has 3 aromatic rings. The van der Waals surface area contributed by atoms with Crippen molar-refractivity contribution in [3.63, 3.8) is 0 Å². The van der Waals surface area contributed by atoms with E-state index in [0.29, 0.717) is 23.5 Å². The van der Waals surface area contributed by atoms with E-state index in [-0.39, 0.29) is 16.7 Å². The lowest BCUT2D eigenvalue weighted by Gasteiger charge is -2.17. The molecular formula is C24H26N2O4S. The molecule has 0 aliphatic heterocycles. The number of carbonyl (C=O) groups excluding carboxylic acids is 1. The number of nitrogens with one attached hydrogen (secondary N) is 2. The summed E-state index contributed by atoms with van der Waals surface area (Å²) >= 11 is 0. The fraction of sp³-hybridized carbons (Fsp3) is 0.208.